The number of hydrogen-bond acceptors (Lipinski definition) is 2. The SMILES string of the molecule is C[C@@H](c1nc2ccccc2c(=O)[nH]1)[NH+](C)Cc1cccc(Cl)c1. The van der Waals surface area contributed by atoms with E-state index in [0.717, 1.165) is 22.6 Å². The van der Waals surface area contributed by atoms with Crippen LogP contribution < -0.4 is 10.5 Å². The average Bonchev–Trinajstić information content (AvgIpc) is 2.54. The largest absolute Gasteiger partial charge is 0.325 e. The van der Waals surface area contributed by atoms with E-state index in [-0.39, 0.29) is 11.6 Å². The lowest BCUT2D eigenvalue weighted by Crippen LogP contribution is -3.07. The predicted molar refractivity (Wildman–Crippen MR) is 92.8 cm³/mol. The molecule has 0 amide bonds. The molecule has 3 rings (SSSR count). The maximum absolute atomic E-state index is 12.2. The van der Waals surface area contributed by atoms with Gasteiger partial charge in [0.05, 0.1) is 18.0 Å². The zero-order valence-corrected chi connectivity index (χ0v) is 13.9. The highest BCUT2D eigenvalue weighted by atomic mass is 35.5. The average molecular weight is 329 g/mol. The second kappa shape index (κ2) is 6.52. The highest BCUT2D eigenvalue weighted by Crippen LogP contribution is 2.11. The zero-order valence-electron chi connectivity index (χ0n) is 13.1. The number of aromatic amines is 1. The third kappa shape index (κ3) is 3.44. The van der Waals surface area contributed by atoms with Crippen molar-refractivity contribution in [2.75, 3.05) is 7.05 Å². The van der Waals surface area contributed by atoms with Gasteiger partial charge < -0.3 is 9.88 Å². The minimum Gasteiger partial charge on any atom is -0.325 e. The second-order valence-corrected chi connectivity index (χ2v) is 6.28. The normalized spacial score (nSPS) is 13.9. The van der Waals surface area contributed by atoms with Gasteiger partial charge in [-0.1, -0.05) is 35.9 Å². The summed E-state index contributed by atoms with van der Waals surface area (Å²) in [5.41, 5.74) is 1.80. The molecule has 0 aliphatic carbocycles. The number of nitrogens with one attached hydrogen (secondary N) is 2. The fourth-order valence-corrected chi connectivity index (χ4v) is 2.88. The molecule has 0 fully saturated rings. The summed E-state index contributed by atoms with van der Waals surface area (Å²) in [6, 6.07) is 15.3. The van der Waals surface area contributed by atoms with E-state index >= 15 is 0 Å². The second-order valence-electron chi connectivity index (χ2n) is 5.84. The molecule has 2 atom stereocenters. The van der Waals surface area contributed by atoms with Gasteiger partial charge in [-0.25, -0.2) is 4.98 Å². The molecule has 0 aliphatic heterocycles. The van der Waals surface area contributed by atoms with E-state index in [1.165, 1.54) is 4.90 Å². The smallest absolute Gasteiger partial charge is 0.258 e. The van der Waals surface area contributed by atoms with Crippen molar-refractivity contribution in [3.63, 3.8) is 0 Å². The first-order valence-corrected chi connectivity index (χ1v) is 7.98. The molecule has 1 unspecified atom stereocenters. The minimum absolute atomic E-state index is 0.0614. The maximum atomic E-state index is 12.2. The third-order valence-electron chi connectivity index (χ3n) is 4.15. The van der Waals surface area contributed by atoms with Crippen LogP contribution in [0.5, 0.6) is 0 Å². The number of H-pyrrole nitrogens is 1. The molecule has 0 bridgehead atoms. The van der Waals surface area contributed by atoms with Gasteiger partial charge in [-0.05, 0) is 31.2 Å². The van der Waals surface area contributed by atoms with Gasteiger partial charge >= 0.3 is 0 Å². The Kier molecular flexibility index (Phi) is 4.46. The third-order valence-corrected chi connectivity index (χ3v) is 4.39. The number of hydrogen-bond donors (Lipinski definition) is 2. The molecule has 23 heavy (non-hydrogen) atoms. The molecule has 4 nitrogen and oxygen atoms in total. The Balaban J connectivity index is 1.87. The van der Waals surface area contributed by atoms with Gasteiger partial charge in [-0.15, -0.1) is 0 Å². The maximum Gasteiger partial charge on any atom is 0.258 e. The molecule has 1 aromatic heterocycles. The monoisotopic (exact) mass is 328 g/mol. The van der Waals surface area contributed by atoms with Gasteiger partial charge in [-0.3, -0.25) is 4.79 Å². The van der Waals surface area contributed by atoms with Gasteiger partial charge in [0.25, 0.3) is 5.56 Å². The number of para-hydroxylation sites is 1. The van der Waals surface area contributed by atoms with Crippen LogP contribution in [0.2, 0.25) is 5.02 Å². The lowest BCUT2D eigenvalue weighted by molar-refractivity contribution is -0.924. The Hall–Kier alpha value is -2.17. The van der Waals surface area contributed by atoms with Crippen molar-refractivity contribution in [1.82, 2.24) is 9.97 Å². The Morgan fingerprint density at radius 1 is 1.22 bits per heavy atom. The fourth-order valence-electron chi connectivity index (χ4n) is 2.66. The Morgan fingerprint density at radius 2 is 2.00 bits per heavy atom. The summed E-state index contributed by atoms with van der Waals surface area (Å²) in [5.74, 6) is 0.702. The quantitative estimate of drug-likeness (QED) is 0.772. The Labute approximate surface area is 139 Å². The van der Waals surface area contributed by atoms with Gasteiger partial charge in [0, 0.05) is 10.6 Å². The van der Waals surface area contributed by atoms with Crippen molar-refractivity contribution in [3.8, 4) is 0 Å². The molecule has 0 saturated carbocycles. The first-order valence-electron chi connectivity index (χ1n) is 7.60. The number of rotatable bonds is 4. The van der Waals surface area contributed by atoms with Crippen LogP contribution in [0.15, 0.2) is 53.3 Å². The molecule has 5 heteroatoms. The van der Waals surface area contributed by atoms with Crippen molar-refractivity contribution in [3.05, 3.63) is 75.3 Å². The minimum atomic E-state index is -0.0898. The van der Waals surface area contributed by atoms with Crippen molar-refractivity contribution in [2.24, 2.45) is 0 Å². The van der Waals surface area contributed by atoms with Crippen LogP contribution in [0.3, 0.4) is 0 Å². The fraction of sp³-hybridized carbons (Fsp3) is 0.222. The summed E-state index contributed by atoms with van der Waals surface area (Å²) < 4.78 is 0. The molecular weight excluding hydrogens is 310 g/mol. The van der Waals surface area contributed by atoms with Crippen LogP contribution in [-0.4, -0.2) is 17.0 Å². The molecule has 2 aromatic carbocycles. The van der Waals surface area contributed by atoms with E-state index in [0.29, 0.717) is 11.2 Å². The zero-order chi connectivity index (χ0) is 16.4. The van der Waals surface area contributed by atoms with E-state index in [1.54, 1.807) is 6.07 Å². The molecule has 3 aromatic rings. The van der Waals surface area contributed by atoms with Crippen LogP contribution in [0.4, 0.5) is 0 Å². The van der Waals surface area contributed by atoms with Gasteiger partial charge in [0.1, 0.15) is 12.6 Å². The molecule has 2 N–H and O–H groups in total. The number of fused-ring (bicyclic) bond motifs is 1. The van der Waals surface area contributed by atoms with Gasteiger partial charge in [0.15, 0.2) is 5.82 Å². The van der Waals surface area contributed by atoms with Crippen LogP contribution in [0, 0.1) is 0 Å². The molecule has 118 valence electrons. The van der Waals surface area contributed by atoms with Gasteiger partial charge in [-0.2, -0.15) is 0 Å². The number of nitrogens with zero attached hydrogens (tertiary/aromatic N) is 1. The number of benzene rings is 2. The standard InChI is InChI=1S/C18H18ClN3O/c1-12(22(2)11-13-6-5-7-14(19)10-13)17-20-16-9-4-3-8-15(16)18(23)21-17/h3-10,12H,11H2,1-2H3,(H,20,21,23)/p+1/t12-/m0/s1. The number of halogens is 1. The molecule has 0 radical (unpaired) electrons. The first-order chi connectivity index (χ1) is 11.0. The van der Waals surface area contributed by atoms with Crippen molar-refractivity contribution in [1.29, 1.82) is 0 Å². The number of quaternary nitrogens is 1. The van der Waals surface area contributed by atoms with Crippen LogP contribution in [0.1, 0.15) is 24.4 Å². The lowest BCUT2D eigenvalue weighted by Gasteiger charge is -2.21. The van der Waals surface area contributed by atoms with E-state index in [4.69, 9.17) is 11.6 Å². The molecule has 1 heterocycles. The van der Waals surface area contributed by atoms with Crippen LogP contribution in [0.25, 0.3) is 10.9 Å². The summed E-state index contributed by atoms with van der Waals surface area (Å²) in [6.45, 7) is 2.87. The summed E-state index contributed by atoms with van der Waals surface area (Å²) in [4.78, 5) is 21.0. The van der Waals surface area contributed by atoms with Crippen LogP contribution in [-0.2, 0) is 6.54 Å². The molecule has 0 spiro atoms. The first kappa shape index (κ1) is 15.7. The summed E-state index contributed by atoms with van der Waals surface area (Å²) in [6.07, 6.45) is 0. The highest BCUT2D eigenvalue weighted by Gasteiger charge is 2.19. The summed E-state index contributed by atoms with van der Waals surface area (Å²) in [5, 5.41) is 1.36. The predicted octanol–water partition coefficient (Wildman–Crippen LogP) is 2.35. The van der Waals surface area contributed by atoms with Crippen molar-refractivity contribution < 1.29 is 4.90 Å². The van der Waals surface area contributed by atoms with Crippen LogP contribution >= 0.6 is 11.6 Å². The van der Waals surface area contributed by atoms with E-state index in [2.05, 4.69) is 30.0 Å². The van der Waals surface area contributed by atoms with E-state index < -0.39 is 0 Å². The summed E-state index contributed by atoms with van der Waals surface area (Å²) >= 11 is 6.04. The van der Waals surface area contributed by atoms with Crippen molar-refractivity contribution in [2.45, 2.75) is 19.5 Å². The lowest BCUT2D eigenvalue weighted by atomic mass is 10.1. The Morgan fingerprint density at radius 3 is 2.78 bits per heavy atom. The number of aromatic nitrogens is 2. The van der Waals surface area contributed by atoms with Crippen molar-refractivity contribution >= 4 is 22.5 Å². The molecular formula is C18H19ClN3O+. The van der Waals surface area contributed by atoms with Gasteiger partial charge in [0.2, 0.25) is 0 Å². The Bertz CT molecular complexity index is 891. The summed E-state index contributed by atoms with van der Waals surface area (Å²) in [7, 11) is 2.08. The molecule has 0 aliphatic rings. The molecule has 0 saturated heterocycles. The van der Waals surface area contributed by atoms with E-state index in [1.807, 2.05) is 36.4 Å². The van der Waals surface area contributed by atoms with E-state index in [9.17, 15) is 4.79 Å². The topological polar surface area (TPSA) is 50.2 Å². The highest BCUT2D eigenvalue weighted by molar-refractivity contribution is 6.30.